The summed E-state index contributed by atoms with van der Waals surface area (Å²) in [7, 11) is 0. The maximum atomic E-state index is 12.5. The van der Waals surface area contributed by atoms with Crippen molar-refractivity contribution in [2.75, 3.05) is 0 Å². The Morgan fingerprint density at radius 3 is 2.42 bits per heavy atom. The molecule has 7 nitrogen and oxygen atoms in total. The zero-order valence-corrected chi connectivity index (χ0v) is 13.8. The Kier molecular flexibility index (Phi) is 4.33. The lowest BCUT2D eigenvalue weighted by Crippen LogP contribution is -2.29. The van der Waals surface area contributed by atoms with Gasteiger partial charge in [-0.05, 0) is 39.0 Å². The maximum absolute atomic E-state index is 12.5. The number of benzene rings is 1. The van der Waals surface area contributed by atoms with Crippen LogP contribution in [0.4, 0.5) is 0 Å². The number of carbonyl (C=O) groups excluding carboxylic acids is 1. The minimum Gasteiger partial charge on any atom is -0.342 e. The molecule has 2 heterocycles. The first-order valence-corrected chi connectivity index (χ1v) is 7.61. The molecule has 1 N–H and O–H groups in total. The lowest BCUT2D eigenvalue weighted by molar-refractivity contribution is 0.0937. The summed E-state index contributed by atoms with van der Waals surface area (Å²) in [4.78, 5) is 25.1. The number of nitrogens with one attached hydrogen (secondary N) is 1. The van der Waals surface area contributed by atoms with Crippen LogP contribution in [0.1, 0.15) is 40.3 Å². The van der Waals surface area contributed by atoms with Crippen molar-refractivity contribution in [2.24, 2.45) is 0 Å². The van der Waals surface area contributed by atoms with Crippen LogP contribution in [0.2, 0.25) is 0 Å². The van der Waals surface area contributed by atoms with Crippen molar-refractivity contribution in [3.05, 3.63) is 65.5 Å². The summed E-state index contributed by atoms with van der Waals surface area (Å²) in [6.45, 7) is 5.79. The van der Waals surface area contributed by atoms with E-state index in [1.54, 1.807) is 18.5 Å². The summed E-state index contributed by atoms with van der Waals surface area (Å²) in [6, 6.07) is 7.14. The minimum absolute atomic E-state index is 0.155. The third kappa shape index (κ3) is 3.29. The topological polar surface area (TPSA) is 85.6 Å². The fourth-order valence-electron chi connectivity index (χ4n) is 2.55. The Hall–Kier alpha value is -3.09. The molecule has 122 valence electrons. The molecule has 24 heavy (non-hydrogen) atoms. The van der Waals surface area contributed by atoms with Crippen molar-refractivity contribution in [3.8, 4) is 5.95 Å². The summed E-state index contributed by atoms with van der Waals surface area (Å²) in [5.41, 5.74) is 2.73. The molecule has 0 saturated heterocycles. The predicted molar refractivity (Wildman–Crippen MR) is 88.7 cm³/mol. The largest absolute Gasteiger partial charge is 0.342 e. The summed E-state index contributed by atoms with van der Waals surface area (Å²) < 4.78 is 1.52. The number of hydrogen-bond acceptors (Lipinski definition) is 5. The van der Waals surface area contributed by atoms with Gasteiger partial charge in [0.15, 0.2) is 5.82 Å². The Bertz CT molecular complexity index is 838. The van der Waals surface area contributed by atoms with Crippen molar-refractivity contribution < 1.29 is 4.79 Å². The predicted octanol–water partition coefficient (Wildman–Crippen LogP) is 2.17. The van der Waals surface area contributed by atoms with Gasteiger partial charge in [-0.1, -0.05) is 17.2 Å². The molecule has 2 aromatic heterocycles. The van der Waals surface area contributed by atoms with Crippen LogP contribution >= 0.6 is 0 Å². The molecule has 0 aliphatic heterocycles. The molecule has 0 aliphatic carbocycles. The van der Waals surface area contributed by atoms with E-state index in [2.05, 4.69) is 25.4 Å². The lowest BCUT2D eigenvalue weighted by Gasteiger charge is -2.14. The number of nitrogens with zero attached hydrogens (tertiary/aromatic N) is 5. The van der Waals surface area contributed by atoms with Crippen LogP contribution in [-0.4, -0.2) is 30.6 Å². The van der Waals surface area contributed by atoms with Gasteiger partial charge in [0, 0.05) is 18.0 Å². The standard InChI is InChI=1S/C17H18N6O/c1-11-7-12(2)9-14(8-11)16(24)22-13(3)15-20-10-21-23(15)17-18-5-4-6-19-17/h4-10,13H,1-3H3,(H,22,24)/t13-/m0/s1. The molecule has 3 rings (SSSR count). The summed E-state index contributed by atoms with van der Waals surface area (Å²) in [6.07, 6.45) is 4.68. The summed E-state index contributed by atoms with van der Waals surface area (Å²) >= 11 is 0. The first kappa shape index (κ1) is 15.8. The number of aromatic nitrogens is 5. The van der Waals surface area contributed by atoms with Crippen LogP contribution < -0.4 is 5.32 Å². The van der Waals surface area contributed by atoms with Crippen LogP contribution in [-0.2, 0) is 0 Å². The quantitative estimate of drug-likeness (QED) is 0.795. The van der Waals surface area contributed by atoms with E-state index in [0.29, 0.717) is 17.3 Å². The van der Waals surface area contributed by atoms with E-state index in [0.717, 1.165) is 11.1 Å². The van der Waals surface area contributed by atoms with Gasteiger partial charge in [0.1, 0.15) is 6.33 Å². The van der Waals surface area contributed by atoms with E-state index < -0.39 is 0 Å². The maximum Gasteiger partial charge on any atom is 0.252 e. The number of rotatable bonds is 4. The third-order valence-electron chi connectivity index (χ3n) is 3.53. The Labute approximate surface area is 139 Å². The van der Waals surface area contributed by atoms with E-state index in [1.165, 1.54) is 11.0 Å². The fraction of sp³-hybridized carbons (Fsp3) is 0.235. The van der Waals surface area contributed by atoms with Crippen molar-refractivity contribution in [1.82, 2.24) is 30.0 Å². The summed E-state index contributed by atoms with van der Waals surface area (Å²) in [5, 5.41) is 7.09. The van der Waals surface area contributed by atoms with Crippen LogP contribution in [0.15, 0.2) is 43.0 Å². The van der Waals surface area contributed by atoms with Crippen molar-refractivity contribution in [2.45, 2.75) is 26.8 Å². The van der Waals surface area contributed by atoms with Gasteiger partial charge in [0.05, 0.1) is 6.04 Å². The molecule has 3 aromatic rings. The molecule has 0 saturated carbocycles. The van der Waals surface area contributed by atoms with Gasteiger partial charge in [0.2, 0.25) is 0 Å². The van der Waals surface area contributed by atoms with Crippen molar-refractivity contribution in [3.63, 3.8) is 0 Å². The Morgan fingerprint density at radius 2 is 1.75 bits per heavy atom. The molecule has 0 spiro atoms. The molecular formula is C17H18N6O. The van der Waals surface area contributed by atoms with Gasteiger partial charge < -0.3 is 5.32 Å². The molecule has 0 bridgehead atoms. The Balaban J connectivity index is 1.82. The zero-order valence-electron chi connectivity index (χ0n) is 13.8. The first-order valence-electron chi connectivity index (χ1n) is 7.61. The number of hydrogen-bond donors (Lipinski definition) is 1. The van der Waals surface area contributed by atoms with Gasteiger partial charge in [-0.3, -0.25) is 4.79 Å². The van der Waals surface area contributed by atoms with Gasteiger partial charge in [-0.25, -0.2) is 15.0 Å². The SMILES string of the molecule is Cc1cc(C)cc(C(=O)N[C@@H](C)c2ncnn2-c2ncccn2)c1. The smallest absolute Gasteiger partial charge is 0.252 e. The highest BCUT2D eigenvalue weighted by Gasteiger charge is 2.18. The monoisotopic (exact) mass is 322 g/mol. The van der Waals surface area contributed by atoms with Gasteiger partial charge >= 0.3 is 0 Å². The number of aryl methyl sites for hydroxylation is 2. The van der Waals surface area contributed by atoms with E-state index in [9.17, 15) is 4.79 Å². The fourth-order valence-corrected chi connectivity index (χ4v) is 2.55. The molecule has 0 fully saturated rings. The zero-order chi connectivity index (χ0) is 17.1. The summed E-state index contributed by atoms with van der Waals surface area (Å²) in [5.74, 6) is 0.828. The van der Waals surface area contributed by atoms with E-state index in [-0.39, 0.29) is 11.9 Å². The molecule has 0 aliphatic rings. The average Bonchev–Trinajstić information content (AvgIpc) is 3.04. The highest BCUT2D eigenvalue weighted by molar-refractivity contribution is 5.94. The van der Waals surface area contributed by atoms with Gasteiger partial charge in [-0.15, -0.1) is 0 Å². The van der Waals surface area contributed by atoms with Crippen LogP contribution in [0.5, 0.6) is 0 Å². The highest BCUT2D eigenvalue weighted by Crippen LogP contribution is 2.14. The second-order valence-corrected chi connectivity index (χ2v) is 5.65. The molecular weight excluding hydrogens is 304 g/mol. The highest BCUT2D eigenvalue weighted by atomic mass is 16.1. The van der Waals surface area contributed by atoms with E-state index in [1.807, 2.05) is 39.0 Å². The number of amides is 1. The van der Waals surface area contributed by atoms with Crippen LogP contribution in [0, 0.1) is 13.8 Å². The van der Waals surface area contributed by atoms with E-state index >= 15 is 0 Å². The van der Waals surface area contributed by atoms with Crippen LogP contribution in [0.25, 0.3) is 5.95 Å². The molecule has 0 unspecified atom stereocenters. The van der Waals surface area contributed by atoms with Gasteiger partial charge in [0.25, 0.3) is 11.9 Å². The Morgan fingerprint density at radius 1 is 1.08 bits per heavy atom. The second-order valence-electron chi connectivity index (χ2n) is 5.65. The molecule has 1 atom stereocenters. The minimum atomic E-state index is -0.343. The molecule has 7 heteroatoms. The first-order chi connectivity index (χ1) is 11.5. The van der Waals surface area contributed by atoms with E-state index in [4.69, 9.17) is 0 Å². The normalized spacial score (nSPS) is 12.0. The lowest BCUT2D eigenvalue weighted by atomic mass is 10.1. The van der Waals surface area contributed by atoms with Crippen molar-refractivity contribution >= 4 is 5.91 Å². The molecule has 1 amide bonds. The van der Waals surface area contributed by atoms with Crippen molar-refractivity contribution in [1.29, 1.82) is 0 Å². The van der Waals surface area contributed by atoms with Crippen LogP contribution in [0.3, 0.4) is 0 Å². The third-order valence-corrected chi connectivity index (χ3v) is 3.53. The molecule has 1 aromatic carbocycles. The number of carbonyl (C=O) groups is 1. The second kappa shape index (κ2) is 6.57. The molecule has 0 radical (unpaired) electrons. The van der Waals surface area contributed by atoms with Gasteiger partial charge in [-0.2, -0.15) is 9.78 Å². The average molecular weight is 322 g/mol.